The van der Waals surface area contributed by atoms with Gasteiger partial charge in [0.2, 0.25) is 9.84 Å². The Morgan fingerprint density at radius 2 is 1.17 bits per heavy atom. The van der Waals surface area contributed by atoms with Crippen molar-refractivity contribution in [2.75, 3.05) is 14.2 Å². The summed E-state index contributed by atoms with van der Waals surface area (Å²) in [5, 5.41) is 2.22. The summed E-state index contributed by atoms with van der Waals surface area (Å²) in [5.41, 5.74) is 0. The second-order valence-corrected chi connectivity index (χ2v) is 12.0. The van der Waals surface area contributed by atoms with Gasteiger partial charge in [-0.2, -0.15) is 0 Å². The molecule has 0 aliphatic rings. The van der Waals surface area contributed by atoms with E-state index in [1.165, 1.54) is 7.11 Å². The summed E-state index contributed by atoms with van der Waals surface area (Å²) >= 11 is 0. The number of hydrogen-bond donors (Lipinski definition) is 0. The zero-order valence-corrected chi connectivity index (χ0v) is 21.6. The fourth-order valence-electron chi connectivity index (χ4n) is 4.18. The van der Waals surface area contributed by atoms with E-state index < -0.39 is 20.7 Å². The molecule has 180 valence electrons. The molecule has 0 heterocycles. The van der Waals surface area contributed by atoms with Gasteiger partial charge in [-0.25, -0.2) is 8.42 Å². The number of fused-ring (bicyclic) bond motifs is 1. The average molecular weight is 514 g/mol. The predicted octanol–water partition coefficient (Wildman–Crippen LogP) is 6.79. The second kappa shape index (κ2) is 10.1. The van der Waals surface area contributed by atoms with Crippen molar-refractivity contribution in [3.05, 3.63) is 115 Å². The van der Waals surface area contributed by atoms with Crippen molar-refractivity contribution in [1.82, 2.24) is 0 Å². The first kappa shape index (κ1) is 24.0. The van der Waals surface area contributed by atoms with Crippen LogP contribution in [0.2, 0.25) is 0 Å². The summed E-state index contributed by atoms with van der Waals surface area (Å²) in [5.74, 6) is 0.847. The lowest BCUT2D eigenvalue weighted by molar-refractivity contribution is 0.352. The van der Waals surface area contributed by atoms with Crippen LogP contribution in [0, 0.1) is 0 Å². The standard InChI is InChI=1S/C30H25O4S2/c1-33-27-20-29(30(21-28(27)34-2)36(31,32)26-15-7-4-8-16-26)35(24-13-5-3-6-14-24)25-18-17-22-11-9-10-12-23(22)19-25/h3-21H,1-2H3/q+1. The molecule has 0 saturated heterocycles. The second-order valence-electron chi connectivity index (χ2n) is 8.10. The van der Waals surface area contributed by atoms with Gasteiger partial charge in [-0.1, -0.05) is 60.7 Å². The van der Waals surface area contributed by atoms with Gasteiger partial charge in [-0.3, -0.25) is 0 Å². The highest BCUT2D eigenvalue weighted by Crippen LogP contribution is 2.43. The van der Waals surface area contributed by atoms with Crippen LogP contribution in [0.15, 0.2) is 140 Å². The van der Waals surface area contributed by atoms with Crippen molar-refractivity contribution in [2.24, 2.45) is 0 Å². The Morgan fingerprint density at radius 3 is 1.83 bits per heavy atom. The van der Waals surface area contributed by atoms with Gasteiger partial charge in [0.25, 0.3) is 0 Å². The molecule has 0 amide bonds. The highest BCUT2D eigenvalue weighted by molar-refractivity contribution is 7.98. The lowest BCUT2D eigenvalue weighted by Gasteiger charge is -2.16. The van der Waals surface area contributed by atoms with E-state index in [-0.39, 0.29) is 9.79 Å². The number of hydrogen-bond acceptors (Lipinski definition) is 4. The maximum Gasteiger partial charge on any atom is 0.211 e. The van der Waals surface area contributed by atoms with Gasteiger partial charge in [0, 0.05) is 18.2 Å². The van der Waals surface area contributed by atoms with E-state index >= 15 is 0 Å². The number of rotatable bonds is 7. The third kappa shape index (κ3) is 4.45. The molecule has 4 nitrogen and oxygen atoms in total. The van der Waals surface area contributed by atoms with Gasteiger partial charge < -0.3 is 9.47 Å². The van der Waals surface area contributed by atoms with Crippen LogP contribution >= 0.6 is 0 Å². The summed E-state index contributed by atoms with van der Waals surface area (Å²) < 4.78 is 39.2. The monoisotopic (exact) mass is 513 g/mol. The first-order valence-electron chi connectivity index (χ1n) is 11.4. The summed E-state index contributed by atoms with van der Waals surface area (Å²) in [6, 6.07) is 36.3. The Kier molecular flexibility index (Phi) is 6.72. The van der Waals surface area contributed by atoms with Crippen molar-refractivity contribution in [1.29, 1.82) is 0 Å². The molecular weight excluding hydrogens is 488 g/mol. The van der Waals surface area contributed by atoms with Crippen LogP contribution in [0.25, 0.3) is 10.8 Å². The van der Waals surface area contributed by atoms with Crippen LogP contribution in [0.4, 0.5) is 0 Å². The maximum atomic E-state index is 14.0. The zero-order valence-electron chi connectivity index (χ0n) is 19.9. The van der Waals surface area contributed by atoms with Crippen molar-refractivity contribution >= 4 is 31.5 Å². The van der Waals surface area contributed by atoms with Gasteiger partial charge in [-0.05, 0) is 47.2 Å². The van der Waals surface area contributed by atoms with Crippen LogP contribution < -0.4 is 9.47 Å². The fraction of sp³-hybridized carbons (Fsp3) is 0.0667. The van der Waals surface area contributed by atoms with Crippen LogP contribution in [-0.4, -0.2) is 22.6 Å². The van der Waals surface area contributed by atoms with Gasteiger partial charge in [0.1, 0.15) is 15.8 Å². The molecule has 0 fully saturated rings. The van der Waals surface area contributed by atoms with Crippen LogP contribution in [0.5, 0.6) is 11.5 Å². The molecular formula is C30H25O4S2+. The van der Waals surface area contributed by atoms with Crippen molar-refractivity contribution in [3.63, 3.8) is 0 Å². The van der Waals surface area contributed by atoms with E-state index in [1.54, 1.807) is 49.6 Å². The molecule has 1 atom stereocenters. The summed E-state index contributed by atoms with van der Waals surface area (Å²) in [6.45, 7) is 0. The molecule has 0 aliphatic carbocycles. The summed E-state index contributed by atoms with van der Waals surface area (Å²) in [7, 11) is -1.53. The minimum Gasteiger partial charge on any atom is -0.493 e. The highest BCUT2D eigenvalue weighted by atomic mass is 32.2. The molecule has 0 bridgehead atoms. The number of ether oxygens (including phenoxy) is 2. The lowest BCUT2D eigenvalue weighted by Crippen LogP contribution is -2.13. The predicted molar refractivity (Wildman–Crippen MR) is 144 cm³/mol. The average Bonchev–Trinajstić information content (AvgIpc) is 2.93. The van der Waals surface area contributed by atoms with Crippen molar-refractivity contribution in [2.45, 2.75) is 24.5 Å². The topological polar surface area (TPSA) is 52.6 Å². The molecule has 0 N–H and O–H groups in total. The van der Waals surface area contributed by atoms with Crippen molar-refractivity contribution in [3.8, 4) is 11.5 Å². The van der Waals surface area contributed by atoms with E-state index in [0.717, 1.165) is 20.6 Å². The lowest BCUT2D eigenvalue weighted by atomic mass is 10.1. The first-order chi connectivity index (χ1) is 17.5. The third-order valence-electron chi connectivity index (χ3n) is 5.95. The number of sulfone groups is 1. The Bertz CT molecular complexity index is 1620. The van der Waals surface area contributed by atoms with E-state index in [1.807, 2.05) is 42.5 Å². The van der Waals surface area contributed by atoms with E-state index in [0.29, 0.717) is 16.4 Å². The molecule has 0 aliphatic heterocycles. The Hall–Kier alpha value is -3.74. The minimum atomic E-state index is -3.86. The molecule has 36 heavy (non-hydrogen) atoms. The Balaban J connectivity index is 1.83. The quantitative estimate of drug-likeness (QED) is 0.225. The number of benzene rings is 5. The zero-order chi connectivity index (χ0) is 25.1. The van der Waals surface area contributed by atoms with Gasteiger partial charge in [0.05, 0.1) is 19.1 Å². The Labute approximate surface area is 214 Å². The van der Waals surface area contributed by atoms with E-state index in [2.05, 4.69) is 30.3 Å². The number of methoxy groups -OCH3 is 2. The summed E-state index contributed by atoms with van der Waals surface area (Å²) in [6.07, 6.45) is 0. The van der Waals surface area contributed by atoms with E-state index in [9.17, 15) is 8.42 Å². The minimum absolute atomic E-state index is 0.201. The molecule has 0 aromatic heterocycles. The van der Waals surface area contributed by atoms with Gasteiger partial charge in [-0.15, -0.1) is 0 Å². The fourth-order valence-corrected chi connectivity index (χ4v) is 8.26. The third-order valence-corrected chi connectivity index (χ3v) is 10.1. The molecule has 1 unspecified atom stereocenters. The molecule has 0 saturated carbocycles. The highest BCUT2D eigenvalue weighted by Gasteiger charge is 2.38. The van der Waals surface area contributed by atoms with Crippen molar-refractivity contribution < 1.29 is 17.9 Å². The maximum absolute atomic E-state index is 14.0. The molecule has 6 heteroatoms. The molecule has 5 rings (SSSR count). The normalized spacial score (nSPS) is 12.3. The van der Waals surface area contributed by atoms with Gasteiger partial charge >= 0.3 is 0 Å². The summed E-state index contributed by atoms with van der Waals surface area (Å²) in [4.78, 5) is 3.10. The van der Waals surface area contributed by atoms with Crippen LogP contribution in [-0.2, 0) is 20.7 Å². The smallest absolute Gasteiger partial charge is 0.211 e. The van der Waals surface area contributed by atoms with Crippen LogP contribution in [0.3, 0.4) is 0 Å². The largest absolute Gasteiger partial charge is 0.493 e. The van der Waals surface area contributed by atoms with Gasteiger partial charge in [0.15, 0.2) is 26.2 Å². The molecule has 5 aromatic carbocycles. The SMILES string of the molecule is COc1cc([S+](c2ccccc2)c2ccc3ccccc3c2)c(S(=O)(=O)c2ccccc2)cc1OC. The molecule has 5 aromatic rings. The first-order valence-corrected chi connectivity index (χ1v) is 14.1. The molecule has 0 spiro atoms. The van der Waals surface area contributed by atoms with Crippen LogP contribution in [0.1, 0.15) is 0 Å². The Morgan fingerprint density at radius 1 is 0.583 bits per heavy atom. The van der Waals surface area contributed by atoms with E-state index in [4.69, 9.17) is 9.47 Å². The molecule has 0 radical (unpaired) electrons.